The van der Waals surface area contributed by atoms with Crippen molar-refractivity contribution in [3.05, 3.63) is 36.0 Å². The van der Waals surface area contributed by atoms with Crippen LogP contribution in [0.15, 0.2) is 36.0 Å². The molecule has 0 spiro atoms. The molecule has 0 aromatic carbocycles. The van der Waals surface area contributed by atoms with Crippen LogP contribution in [0.1, 0.15) is 110 Å². The Balaban J connectivity index is 2.06. The number of allylic oxidation sites excluding steroid dienone is 3. The van der Waals surface area contributed by atoms with Gasteiger partial charge in [0.15, 0.2) is 5.60 Å². The average molecular weight is 463 g/mol. The van der Waals surface area contributed by atoms with Crippen LogP contribution in [0, 0.1) is 0 Å². The molecule has 5 nitrogen and oxygen atoms in total. The van der Waals surface area contributed by atoms with E-state index < -0.39 is 17.5 Å². The second-order valence-electron chi connectivity index (χ2n) is 9.10. The summed E-state index contributed by atoms with van der Waals surface area (Å²) in [7, 11) is 1.28. The van der Waals surface area contributed by atoms with Gasteiger partial charge in [-0.3, -0.25) is 0 Å². The van der Waals surface area contributed by atoms with Crippen LogP contribution in [-0.2, 0) is 19.1 Å². The van der Waals surface area contributed by atoms with Crippen LogP contribution in [0.3, 0.4) is 0 Å². The fraction of sp³-hybridized carbons (Fsp3) is 0.714. The molecule has 1 atom stereocenters. The minimum absolute atomic E-state index is 0.280. The van der Waals surface area contributed by atoms with E-state index in [0.29, 0.717) is 5.57 Å². The number of cyclic esters (lactones) is 1. The number of hydrogen-bond acceptors (Lipinski definition) is 5. The molecule has 1 heterocycles. The molecule has 0 bridgehead atoms. The summed E-state index contributed by atoms with van der Waals surface area (Å²) in [5.74, 6) is -0.955. The van der Waals surface area contributed by atoms with Gasteiger partial charge in [0.05, 0.1) is 13.7 Å². The van der Waals surface area contributed by atoms with E-state index in [0.717, 1.165) is 19.3 Å². The number of carbonyl (C=O) groups is 2. The fourth-order valence-electron chi connectivity index (χ4n) is 4.03. The summed E-state index contributed by atoms with van der Waals surface area (Å²) < 4.78 is 9.89. The molecule has 1 aliphatic rings. The molecule has 0 amide bonds. The number of carbonyl (C=O) groups excluding carboxylic acids is 2. The van der Waals surface area contributed by atoms with Gasteiger partial charge >= 0.3 is 11.9 Å². The molecule has 1 aliphatic heterocycles. The zero-order valence-corrected chi connectivity index (χ0v) is 21.0. The minimum Gasteiger partial charge on any atom is -0.466 e. The SMILES string of the molecule is CCCCCCCC/C=C\CCCCCCCC/C=C1\C[C@](/C=C/C(=O)OC)(CO)OC1=O. The van der Waals surface area contributed by atoms with Crippen LogP contribution < -0.4 is 0 Å². The molecule has 0 radical (unpaired) electrons. The number of hydrogen-bond donors (Lipinski definition) is 1. The third kappa shape index (κ3) is 13.4. The van der Waals surface area contributed by atoms with E-state index in [9.17, 15) is 14.7 Å². The first-order valence-electron chi connectivity index (χ1n) is 13.0. The zero-order chi connectivity index (χ0) is 24.2. The standard InChI is InChI=1S/C28H46O5/c1-3-4-5-6-7-8-9-10-11-12-13-14-15-16-17-18-19-20-25-23-28(24-29,33-27(25)31)22-21-26(30)32-2/h10-11,20-22,29H,3-9,12-19,23-24H2,1-2H3/b11-10-,22-21+,25-20+/t28-/m1/s1. The minimum atomic E-state index is -1.15. The summed E-state index contributed by atoms with van der Waals surface area (Å²) in [5.41, 5.74) is -0.577. The molecule has 188 valence electrons. The molecular formula is C28H46O5. The van der Waals surface area contributed by atoms with Crippen molar-refractivity contribution >= 4 is 11.9 Å². The van der Waals surface area contributed by atoms with Gasteiger partial charge in [-0.25, -0.2) is 9.59 Å². The van der Waals surface area contributed by atoms with E-state index in [1.54, 1.807) is 0 Å². The third-order valence-electron chi connectivity index (χ3n) is 6.15. The average Bonchev–Trinajstić information content (AvgIpc) is 3.15. The molecular weight excluding hydrogens is 416 g/mol. The lowest BCUT2D eigenvalue weighted by Gasteiger charge is -2.19. The summed E-state index contributed by atoms with van der Waals surface area (Å²) >= 11 is 0. The van der Waals surface area contributed by atoms with Crippen molar-refractivity contribution in [2.75, 3.05) is 13.7 Å². The Morgan fingerprint density at radius 2 is 1.48 bits per heavy atom. The lowest BCUT2D eigenvalue weighted by Crippen LogP contribution is -2.30. The van der Waals surface area contributed by atoms with Crippen molar-refractivity contribution < 1.29 is 24.2 Å². The van der Waals surface area contributed by atoms with Gasteiger partial charge in [-0.2, -0.15) is 0 Å². The summed E-state index contributed by atoms with van der Waals surface area (Å²) in [5, 5.41) is 9.65. The first kappa shape index (κ1) is 29.2. The smallest absolute Gasteiger partial charge is 0.334 e. The van der Waals surface area contributed by atoms with E-state index in [-0.39, 0.29) is 13.0 Å². The molecule has 0 unspecified atom stereocenters. The van der Waals surface area contributed by atoms with E-state index >= 15 is 0 Å². The molecule has 0 aromatic heterocycles. The van der Waals surface area contributed by atoms with Crippen molar-refractivity contribution in [2.45, 2.75) is 115 Å². The molecule has 1 saturated heterocycles. The Bertz CT molecular complexity index is 634. The first-order chi connectivity index (χ1) is 16.1. The predicted octanol–water partition coefficient (Wildman–Crippen LogP) is 6.75. The van der Waals surface area contributed by atoms with Gasteiger partial charge in [0.1, 0.15) is 0 Å². The number of ether oxygens (including phenoxy) is 2. The number of aliphatic hydroxyl groups is 1. The van der Waals surface area contributed by atoms with Crippen molar-refractivity contribution in [3.63, 3.8) is 0 Å². The first-order valence-corrected chi connectivity index (χ1v) is 13.0. The summed E-state index contributed by atoms with van der Waals surface area (Å²) in [6, 6.07) is 0. The molecule has 1 rings (SSSR count). The van der Waals surface area contributed by atoms with Gasteiger partial charge in [0.2, 0.25) is 0 Å². The monoisotopic (exact) mass is 462 g/mol. The Labute approximate surface area is 201 Å². The highest BCUT2D eigenvalue weighted by atomic mass is 16.6. The van der Waals surface area contributed by atoms with Crippen LogP contribution in [0.4, 0.5) is 0 Å². The van der Waals surface area contributed by atoms with Crippen LogP contribution in [0.25, 0.3) is 0 Å². The Kier molecular flexibility index (Phi) is 16.4. The Morgan fingerprint density at radius 1 is 0.939 bits per heavy atom. The van der Waals surface area contributed by atoms with Crippen molar-refractivity contribution in [1.29, 1.82) is 0 Å². The quantitative estimate of drug-likeness (QED) is 0.0995. The van der Waals surface area contributed by atoms with Crippen molar-refractivity contribution in [1.82, 2.24) is 0 Å². The highest BCUT2D eigenvalue weighted by Crippen LogP contribution is 2.32. The van der Waals surface area contributed by atoms with Crippen LogP contribution in [-0.4, -0.2) is 36.4 Å². The highest BCUT2D eigenvalue weighted by molar-refractivity contribution is 5.92. The zero-order valence-electron chi connectivity index (χ0n) is 21.0. The number of rotatable bonds is 19. The van der Waals surface area contributed by atoms with E-state index in [2.05, 4.69) is 23.8 Å². The number of aliphatic hydroxyl groups excluding tert-OH is 1. The number of unbranched alkanes of at least 4 members (excludes halogenated alkanes) is 13. The normalized spacial score (nSPS) is 19.7. The van der Waals surface area contributed by atoms with Gasteiger partial charge in [-0.1, -0.05) is 82.9 Å². The molecule has 1 fully saturated rings. The summed E-state index contributed by atoms with van der Waals surface area (Å²) in [6.07, 6.45) is 28.2. The Hall–Kier alpha value is -1.88. The molecule has 5 heteroatoms. The lowest BCUT2D eigenvalue weighted by molar-refractivity contribution is -0.146. The van der Waals surface area contributed by atoms with E-state index in [1.165, 1.54) is 96.3 Å². The Morgan fingerprint density at radius 3 is 2.03 bits per heavy atom. The van der Waals surface area contributed by atoms with Crippen LogP contribution in [0.2, 0.25) is 0 Å². The number of methoxy groups -OCH3 is 1. The van der Waals surface area contributed by atoms with E-state index in [4.69, 9.17) is 4.74 Å². The molecule has 0 aliphatic carbocycles. The maximum Gasteiger partial charge on any atom is 0.334 e. The maximum atomic E-state index is 12.1. The van der Waals surface area contributed by atoms with Crippen LogP contribution >= 0.6 is 0 Å². The maximum absolute atomic E-state index is 12.1. The lowest BCUT2D eigenvalue weighted by atomic mass is 9.97. The number of esters is 2. The molecule has 33 heavy (non-hydrogen) atoms. The van der Waals surface area contributed by atoms with Gasteiger partial charge in [0.25, 0.3) is 0 Å². The van der Waals surface area contributed by atoms with E-state index in [1.807, 2.05) is 6.08 Å². The van der Waals surface area contributed by atoms with Crippen molar-refractivity contribution in [3.8, 4) is 0 Å². The molecule has 1 N–H and O–H groups in total. The van der Waals surface area contributed by atoms with Gasteiger partial charge in [-0.15, -0.1) is 0 Å². The van der Waals surface area contributed by atoms with Crippen molar-refractivity contribution in [2.24, 2.45) is 0 Å². The predicted molar refractivity (Wildman–Crippen MR) is 134 cm³/mol. The second-order valence-corrected chi connectivity index (χ2v) is 9.10. The second kappa shape index (κ2) is 18.5. The highest BCUT2D eigenvalue weighted by Gasteiger charge is 2.41. The molecule has 0 aromatic rings. The largest absolute Gasteiger partial charge is 0.466 e. The summed E-state index contributed by atoms with van der Waals surface area (Å²) in [6.45, 7) is 1.90. The third-order valence-corrected chi connectivity index (χ3v) is 6.15. The molecule has 0 saturated carbocycles. The summed E-state index contributed by atoms with van der Waals surface area (Å²) in [4.78, 5) is 23.4. The fourth-order valence-corrected chi connectivity index (χ4v) is 4.03. The van der Waals surface area contributed by atoms with Gasteiger partial charge < -0.3 is 14.6 Å². The van der Waals surface area contributed by atoms with Gasteiger partial charge in [0, 0.05) is 18.1 Å². The van der Waals surface area contributed by atoms with Crippen LogP contribution in [0.5, 0.6) is 0 Å². The topological polar surface area (TPSA) is 72.8 Å². The van der Waals surface area contributed by atoms with Gasteiger partial charge in [-0.05, 0) is 44.6 Å².